The van der Waals surface area contributed by atoms with Crippen LogP contribution in [0.15, 0.2) is 64.3 Å². The van der Waals surface area contributed by atoms with E-state index < -0.39 is 10.0 Å². The fourth-order valence-electron chi connectivity index (χ4n) is 3.80. The van der Waals surface area contributed by atoms with Crippen molar-refractivity contribution in [2.45, 2.75) is 24.8 Å². The van der Waals surface area contributed by atoms with E-state index >= 15 is 0 Å². The number of fused-ring (bicyclic) bond motifs is 2. The average molecular weight is 504 g/mol. The van der Waals surface area contributed by atoms with Crippen molar-refractivity contribution < 1.29 is 43.1 Å². The Bertz CT molecular complexity index is 1610. The first kappa shape index (κ1) is 24.6. The SMILES string of the molecule is Cc1c2c(=O)n(-c3nc4ccccc4s3)nc-2cc([O-])n1CCc1ccc(S(N)(=O)=O)cc1.[Na+]. The molecule has 3 aromatic rings. The van der Waals surface area contributed by atoms with E-state index in [1.807, 2.05) is 24.3 Å². The molecule has 34 heavy (non-hydrogen) atoms. The molecule has 0 fully saturated rings. The molecule has 2 N–H and O–H groups in total. The molecule has 0 atom stereocenters. The van der Waals surface area contributed by atoms with Gasteiger partial charge in [-0.25, -0.2) is 18.5 Å². The van der Waals surface area contributed by atoms with Gasteiger partial charge in [-0.2, -0.15) is 9.78 Å². The van der Waals surface area contributed by atoms with Crippen molar-refractivity contribution in [3.63, 3.8) is 0 Å². The Balaban J connectivity index is 0.00000274. The van der Waals surface area contributed by atoms with Crippen LogP contribution in [-0.4, -0.2) is 27.7 Å². The number of rotatable bonds is 5. The average Bonchev–Trinajstić information content (AvgIpc) is 3.34. The van der Waals surface area contributed by atoms with Gasteiger partial charge in [0.1, 0.15) is 0 Å². The van der Waals surface area contributed by atoms with E-state index in [1.165, 1.54) is 38.8 Å². The Labute approximate surface area is 221 Å². The third kappa shape index (κ3) is 4.42. The van der Waals surface area contributed by atoms with Gasteiger partial charge in [-0.15, -0.1) is 0 Å². The van der Waals surface area contributed by atoms with Crippen LogP contribution in [0.3, 0.4) is 0 Å². The molecule has 0 amide bonds. The predicted molar refractivity (Wildman–Crippen MR) is 123 cm³/mol. The van der Waals surface area contributed by atoms with Gasteiger partial charge in [-0.3, -0.25) is 4.79 Å². The van der Waals surface area contributed by atoms with Crippen LogP contribution in [0.25, 0.3) is 26.6 Å². The first-order chi connectivity index (χ1) is 15.7. The molecular formula is C22H18N5NaO4S2. The summed E-state index contributed by atoms with van der Waals surface area (Å²) in [6.07, 6.45) is 0.470. The molecule has 12 heteroatoms. The largest absolute Gasteiger partial charge is 1.00 e. The van der Waals surface area contributed by atoms with Crippen molar-refractivity contribution in [3.05, 3.63) is 76.2 Å². The number of sulfonamides is 1. The monoisotopic (exact) mass is 503 g/mol. The molecule has 0 saturated heterocycles. The van der Waals surface area contributed by atoms with Gasteiger partial charge < -0.3 is 9.67 Å². The molecule has 2 aliphatic rings. The number of hydrogen-bond donors (Lipinski definition) is 1. The number of aromatic nitrogens is 4. The number of hydrogen-bond acceptors (Lipinski definition) is 7. The van der Waals surface area contributed by atoms with E-state index in [-0.39, 0.29) is 45.9 Å². The second-order valence-corrected chi connectivity index (χ2v) is 10.2. The minimum atomic E-state index is -3.76. The Morgan fingerprint density at radius 2 is 1.82 bits per heavy atom. The van der Waals surface area contributed by atoms with Gasteiger partial charge in [0, 0.05) is 12.2 Å². The molecule has 3 heterocycles. The van der Waals surface area contributed by atoms with E-state index in [9.17, 15) is 18.3 Å². The van der Waals surface area contributed by atoms with Gasteiger partial charge in [0.25, 0.3) is 5.56 Å². The van der Waals surface area contributed by atoms with Gasteiger partial charge in [-0.1, -0.05) is 35.6 Å². The molecule has 2 aromatic carbocycles. The molecule has 0 spiro atoms. The summed E-state index contributed by atoms with van der Waals surface area (Å²) in [7, 11) is -3.76. The summed E-state index contributed by atoms with van der Waals surface area (Å²) < 4.78 is 26.5. The fraction of sp³-hybridized carbons (Fsp3) is 0.136. The summed E-state index contributed by atoms with van der Waals surface area (Å²) in [4.78, 5) is 17.7. The minimum Gasteiger partial charge on any atom is -0.860 e. The van der Waals surface area contributed by atoms with Crippen LogP contribution in [0.2, 0.25) is 0 Å². The Morgan fingerprint density at radius 1 is 1.12 bits per heavy atom. The Hall–Kier alpha value is -2.54. The summed E-state index contributed by atoms with van der Waals surface area (Å²) in [5.74, 6) is -0.268. The van der Waals surface area contributed by atoms with Crippen LogP contribution in [0.4, 0.5) is 0 Å². The summed E-state index contributed by atoms with van der Waals surface area (Å²) in [5, 5.41) is 22.7. The zero-order valence-electron chi connectivity index (χ0n) is 18.4. The molecule has 0 bridgehead atoms. The molecule has 168 valence electrons. The van der Waals surface area contributed by atoms with Gasteiger partial charge in [0.05, 0.1) is 26.4 Å². The second-order valence-electron chi connectivity index (χ2n) is 7.60. The maximum atomic E-state index is 13.2. The van der Waals surface area contributed by atoms with E-state index in [2.05, 4.69) is 10.1 Å². The normalized spacial score (nSPS) is 11.7. The fourth-order valence-corrected chi connectivity index (χ4v) is 5.23. The summed E-state index contributed by atoms with van der Waals surface area (Å²) in [5.41, 5.74) is 2.51. The molecule has 0 radical (unpaired) electrons. The van der Waals surface area contributed by atoms with E-state index in [0.29, 0.717) is 35.0 Å². The molecular weight excluding hydrogens is 485 g/mol. The molecule has 0 saturated carbocycles. The zero-order valence-corrected chi connectivity index (χ0v) is 22.1. The maximum absolute atomic E-state index is 13.2. The first-order valence-corrected chi connectivity index (χ1v) is 12.4. The first-order valence-electron chi connectivity index (χ1n) is 10.0. The molecule has 2 aliphatic heterocycles. The number of primary sulfonamides is 1. The van der Waals surface area contributed by atoms with Gasteiger partial charge in [0.15, 0.2) is 0 Å². The van der Waals surface area contributed by atoms with Crippen LogP contribution in [0, 0.1) is 6.92 Å². The summed E-state index contributed by atoms with van der Waals surface area (Å²) in [6, 6.07) is 15.1. The van der Waals surface area contributed by atoms with E-state index in [1.54, 1.807) is 19.1 Å². The standard InChI is InChI=1S/C22H19N5O4S2.Na/c1-13-20-17(25-27(21(20)29)22-24-16-4-2-3-5-18(16)32-22)12-19(28)26(13)11-10-14-6-8-15(9-7-14)33(23,30)31;/h2-9,12,28H,10-11H2,1H3,(H2,23,30,31);/q;+1/p-1. The molecule has 9 nitrogen and oxygen atoms in total. The van der Waals surface area contributed by atoms with Crippen LogP contribution in [-0.2, 0) is 23.0 Å². The molecule has 0 aliphatic carbocycles. The number of thiazole rings is 1. The third-order valence-electron chi connectivity index (χ3n) is 5.50. The second kappa shape index (κ2) is 9.25. The zero-order chi connectivity index (χ0) is 23.3. The van der Waals surface area contributed by atoms with E-state index in [4.69, 9.17) is 5.14 Å². The topological polar surface area (TPSA) is 136 Å². The Kier molecular flexibility index (Phi) is 6.69. The van der Waals surface area contributed by atoms with E-state index in [0.717, 1.165) is 15.8 Å². The number of nitrogens with two attached hydrogens (primary N) is 1. The smallest absolute Gasteiger partial charge is 0.860 e. The van der Waals surface area contributed by atoms with Crippen LogP contribution in [0.5, 0.6) is 5.88 Å². The van der Waals surface area contributed by atoms with Crippen molar-refractivity contribution in [1.82, 2.24) is 19.3 Å². The Morgan fingerprint density at radius 3 is 2.50 bits per heavy atom. The van der Waals surface area contributed by atoms with Crippen LogP contribution in [0.1, 0.15) is 11.3 Å². The van der Waals surface area contributed by atoms with Gasteiger partial charge in [0.2, 0.25) is 15.2 Å². The number of para-hydroxylation sites is 1. The maximum Gasteiger partial charge on any atom is 1.00 e. The van der Waals surface area contributed by atoms with Gasteiger partial charge >= 0.3 is 29.6 Å². The van der Waals surface area contributed by atoms with Gasteiger partial charge in [-0.05, 0) is 55.1 Å². The van der Waals surface area contributed by atoms with Crippen LogP contribution < -0.4 is 45.4 Å². The third-order valence-corrected chi connectivity index (χ3v) is 7.44. The predicted octanol–water partition coefficient (Wildman–Crippen LogP) is -0.975. The molecule has 1 aromatic heterocycles. The number of benzene rings is 2. The molecule has 5 rings (SSSR count). The quantitative estimate of drug-likeness (QED) is 0.307. The van der Waals surface area contributed by atoms with Crippen molar-refractivity contribution in [1.29, 1.82) is 0 Å². The van der Waals surface area contributed by atoms with Crippen molar-refractivity contribution >= 4 is 31.6 Å². The number of nitrogens with zero attached hydrogens (tertiary/aromatic N) is 4. The van der Waals surface area contributed by atoms with Crippen molar-refractivity contribution in [3.8, 4) is 22.3 Å². The number of aryl methyl sites for hydroxylation is 1. The molecule has 0 unspecified atom stereocenters. The number of pyridine rings is 1. The van der Waals surface area contributed by atoms with Crippen LogP contribution >= 0.6 is 11.3 Å². The van der Waals surface area contributed by atoms with Crippen molar-refractivity contribution in [2.24, 2.45) is 5.14 Å². The summed E-state index contributed by atoms with van der Waals surface area (Å²) in [6.45, 7) is 2.04. The minimum absolute atomic E-state index is 0. The van der Waals surface area contributed by atoms with Crippen molar-refractivity contribution in [2.75, 3.05) is 0 Å². The summed E-state index contributed by atoms with van der Waals surface area (Å²) >= 11 is 1.36.